The third-order valence-electron chi connectivity index (χ3n) is 3.17. The number of nitrogens with zero attached hydrogens (tertiary/aromatic N) is 2. The number of nitrogens with two attached hydrogens (primary N) is 1. The second-order valence-electron chi connectivity index (χ2n) is 4.91. The first-order valence-corrected chi connectivity index (χ1v) is 6.49. The molecule has 3 heteroatoms. The van der Waals surface area contributed by atoms with E-state index in [2.05, 4.69) is 47.7 Å². The van der Waals surface area contributed by atoms with E-state index in [1.165, 1.54) is 11.1 Å². The zero-order chi connectivity index (χ0) is 13.0. The summed E-state index contributed by atoms with van der Waals surface area (Å²) < 4.78 is 2.16. The Kier molecular flexibility index (Phi) is 4.15. The van der Waals surface area contributed by atoms with Gasteiger partial charge < -0.3 is 10.3 Å². The van der Waals surface area contributed by atoms with Gasteiger partial charge in [-0.1, -0.05) is 38.1 Å². The molecule has 2 aromatic rings. The zero-order valence-electron chi connectivity index (χ0n) is 11.1. The summed E-state index contributed by atoms with van der Waals surface area (Å²) in [5.41, 5.74) is 8.26. The van der Waals surface area contributed by atoms with Gasteiger partial charge in [-0.15, -0.1) is 0 Å². The molecule has 1 aromatic carbocycles. The van der Waals surface area contributed by atoms with Crippen molar-refractivity contribution in [2.45, 2.75) is 32.7 Å². The van der Waals surface area contributed by atoms with Gasteiger partial charge >= 0.3 is 0 Å². The van der Waals surface area contributed by atoms with Crippen LogP contribution < -0.4 is 5.73 Å². The first-order valence-electron chi connectivity index (χ1n) is 6.49. The molecule has 0 bridgehead atoms. The molecular weight excluding hydrogens is 222 g/mol. The van der Waals surface area contributed by atoms with Crippen molar-refractivity contribution in [3.8, 4) is 0 Å². The van der Waals surface area contributed by atoms with Gasteiger partial charge in [0, 0.05) is 25.4 Å². The predicted molar refractivity (Wildman–Crippen MR) is 74.6 cm³/mol. The van der Waals surface area contributed by atoms with Crippen LogP contribution in [0.4, 0.5) is 0 Å². The highest BCUT2D eigenvalue weighted by Crippen LogP contribution is 2.15. The van der Waals surface area contributed by atoms with Crippen molar-refractivity contribution in [2.24, 2.45) is 5.73 Å². The molecule has 0 saturated heterocycles. The van der Waals surface area contributed by atoms with Crippen LogP contribution in [0.25, 0.3) is 0 Å². The molecule has 0 fully saturated rings. The van der Waals surface area contributed by atoms with Crippen molar-refractivity contribution in [2.75, 3.05) is 6.54 Å². The summed E-state index contributed by atoms with van der Waals surface area (Å²) in [6, 6.07) is 8.81. The van der Waals surface area contributed by atoms with Crippen LogP contribution in [0, 0.1) is 0 Å². The van der Waals surface area contributed by atoms with Crippen molar-refractivity contribution in [1.29, 1.82) is 0 Å². The molecule has 0 radical (unpaired) electrons. The zero-order valence-corrected chi connectivity index (χ0v) is 11.1. The highest BCUT2D eigenvalue weighted by Gasteiger charge is 2.03. The summed E-state index contributed by atoms with van der Waals surface area (Å²) in [7, 11) is 0. The maximum absolute atomic E-state index is 5.58. The Morgan fingerprint density at radius 2 is 1.94 bits per heavy atom. The van der Waals surface area contributed by atoms with Crippen LogP contribution in [0.1, 0.15) is 36.7 Å². The number of imidazole rings is 1. The number of hydrogen-bond donors (Lipinski definition) is 1. The molecule has 2 rings (SSSR count). The molecular formula is C15H21N3. The standard InChI is InChI=1S/C15H21N3/c1-12(2)14-5-3-13(4-6-14)11-18-10-9-17-15(18)7-8-16/h3-6,9-10,12H,7-8,11,16H2,1-2H3. The fraction of sp³-hybridized carbons (Fsp3) is 0.400. The normalized spacial score (nSPS) is 11.1. The number of rotatable bonds is 5. The lowest BCUT2D eigenvalue weighted by atomic mass is 10.0. The Bertz CT molecular complexity index is 483. The van der Waals surface area contributed by atoms with E-state index in [0.717, 1.165) is 18.8 Å². The molecule has 0 amide bonds. The van der Waals surface area contributed by atoms with Crippen molar-refractivity contribution >= 4 is 0 Å². The van der Waals surface area contributed by atoms with Gasteiger partial charge in [0.05, 0.1) is 0 Å². The lowest BCUT2D eigenvalue weighted by Gasteiger charge is -2.09. The van der Waals surface area contributed by atoms with E-state index < -0.39 is 0 Å². The van der Waals surface area contributed by atoms with Crippen LogP contribution in [0.15, 0.2) is 36.7 Å². The Hall–Kier alpha value is -1.61. The average Bonchev–Trinajstić information content (AvgIpc) is 2.78. The average molecular weight is 243 g/mol. The Balaban J connectivity index is 2.11. The van der Waals surface area contributed by atoms with Crippen molar-refractivity contribution < 1.29 is 0 Å². The second-order valence-corrected chi connectivity index (χ2v) is 4.91. The summed E-state index contributed by atoms with van der Waals surface area (Å²) in [6.07, 6.45) is 4.69. The van der Waals surface area contributed by atoms with E-state index in [-0.39, 0.29) is 0 Å². The number of hydrogen-bond acceptors (Lipinski definition) is 2. The van der Waals surface area contributed by atoms with Crippen LogP contribution in [0.3, 0.4) is 0 Å². The van der Waals surface area contributed by atoms with E-state index >= 15 is 0 Å². The van der Waals surface area contributed by atoms with Crippen molar-refractivity contribution in [3.05, 3.63) is 53.6 Å². The number of benzene rings is 1. The third kappa shape index (κ3) is 2.99. The summed E-state index contributed by atoms with van der Waals surface area (Å²) in [6.45, 7) is 5.94. The van der Waals surface area contributed by atoms with Crippen molar-refractivity contribution in [1.82, 2.24) is 9.55 Å². The van der Waals surface area contributed by atoms with Gasteiger partial charge in [-0.05, 0) is 23.6 Å². The largest absolute Gasteiger partial charge is 0.330 e. The molecule has 0 unspecified atom stereocenters. The van der Waals surface area contributed by atoms with E-state index in [1.807, 2.05) is 12.4 Å². The monoisotopic (exact) mass is 243 g/mol. The maximum atomic E-state index is 5.58. The Morgan fingerprint density at radius 1 is 1.22 bits per heavy atom. The van der Waals surface area contributed by atoms with Gasteiger partial charge in [-0.3, -0.25) is 0 Å². The minimum absolute atomic E-state index is 0.583. The topological polar surface area (TPSA) is 43.8 Å². The quantitative estimate of drug-likeness (QED) is 0.877. The van der Waals surface area contributed by atoms with Gasteiger partial charge in [-0.2, -0.15) is 0 Å². The number of aromatic nitrogens is 2. The molecule has 18 heavy (non-hydrogen) atoms. The summed E-state index contributed by atoms with van der Waals surface area (Å²) in [5, 5.41) is 0. The van der Waals surface area contributed by atoms with Crippen LogP contribution in [-0.2, 0) is 13.0 Å². The molecule has 1 aromatic heterocycles. The van der Waals surface area contributed by atoms with Gasteiger partial charge in [-0.25, -0.2) is 4.98 Å². The van der Waals surface area contributed by atoms with Crippen LogP contribution in [-0.4, -0.2) is 16.1 Å². The molecule has 0 aliphatic carbocycles. The molecule has 0 atom stereocenters. The second kappa shape index (κ2) is 5.83. The lowest BCUT2D eigenvalue weighted by molar-refractivity contribution is 0.716. The third-order valence-corrected chi connectivity index (χ3v) is 3.17. The van der Waals surface area contributed by atoms with Crippen LogP contribution in [0.5, 0.6) is 0 Å². The van der Waals surface area contributed by atoms with Gasteiger partial charge in [0.15, 0.2) is 0 Å². The van der Waals surface area contributed by atoms with Crippen LogP contribution in [0.2, 0.25) is 0 Å². The molecule has 1 heterocycles. The van der Waals surface area contributed by atoms with E-state index in [1.54, 1.807) is 0 Å². The van der Waals surface area contributed by atoms with Crippen LogP contribution >= 0.6 is 0 Å². The van der Waals surface area contributed by atoms with Gasteiger partial charge in [0.25, 0.3) is 0 Å². The highest BCUT2D eigenvalue weighted by molar-refractivity contribution is 5.25. The summed E-state index contributed by atoms with van der Waals surface area (Å²) in [4.78, 5) is 4.33. The summed E-state index contributed by atoms with van der Waals surface area (Å²) in [5.74, 6) is 1.64. The fourth-order valence-corrected chi connectivity index (χ4v) is 2.05. The smallest absolute Gasteiger partial charge is 0.110 e. The Labute approximate surface area is 109 Å². The van der Waals surface area contributed by atoms with Gasteiger partial charge in [0.2, 0.25) is 0 Å². The lowest BCUT2D eigenvalue weighted by Crippen LogP contribution is -2.10. The SMILES string of the molecule is CC(C)c1ccc(Cn2ccnc2CCN)cc1. The molecule has 3 nitrogen and oxygen atoms in total. The fourth-order valence-electron chi connectivity index (χ4n) is 2.05. The maximum Gasteiger partial charge on any atom is 0.110 e. The molecule has 0 aliphatic heterocycles. The summed E-state index contributed by atoms with van der Waals surface area (Å²) >= 11 is 0. The van der Waals surface area contributed by atoms with E-state index in [9.17, 15) is 0 Å². The molecule has 2 N–H and O–H groups in total. The minimum atomic E-state index is 0.583. The van der Waals surface area contributed by atoms with Crippen molar-refractivity contribution in [3.63, 3.8) is 0 Å². The van der Waals surface area contributed by atoms with E-state index in [0.29, 0.717) is 12.5 Å². The molecule has 0 saturated carbocycles. The van der Waals surface area contributed by atoms with E-state index in [4.69, 9.17) is 5.73 Å². The predicted octanol–water partition coefficient (Wildman–Crippen LogP) is 2.56. The molecule has 0 spiro atoms. The Morgan fingerprint density at radius 3 is 2.56 bits per heavy atom. The first kappa shape index (κ1) is 12.8. The van der Waals surface area contributed by atoms with Gasteiger partial charge in [0.1, 0.15) is 5.82 Å². The minimum Gasteiger partial charge on any atom is -0.330 e. The molecule has 96 valence electrons. The molecule has 0 aliphatic rings. The first-order chi connectivity index (χ1) is 8.70. The highest BCUT2D eigenvalue weighted by atomic mass is 15.1.